The molecule has 0 fully saturated rings. The summed E-state index contributed by atoms with van der Waals surface area (Å²) in [6.45, 7) is 6.18. The molecule has 7 heteroatoms. The predicted octanol–water partition coefficient (Wildman–Crippen LogP) is 3.33. The lowest BCUT2D eigenvalue weighted by Crippen LogP contribution is -2.21. The van der Waals surface area contributed by atoms with Gasteiger partial charge in [-0.1, -0.05) is 31.5 Å². The van der Waals surface area contributed by atoms with Crippen molar-refractivity contribution >= 4 is 17.5 Å². The van der Waals surface area contributed by atoms with E-state index in [1.54, 1.807) is 12.1 Å². The van der Waals surface area contributed by atoms with Gasteiger partial charge in [-0.25, -0.2) is 14.1 Å². The Morgan fingerprint density at radius 1 is 1.42 bits per heavy atom. The highest BCUT2D eigenvalue weighted by Gasteiger charge is 2.16. The minimum absolute atomic E-state index is 0.0533. The van der Waals surface area contributed by atoms with Gasteiger partial charge in [-0.15, -0.1) is 0 Å². The summed E-state index contributed by atoms with van der Waals surface area (Å²) in [6, 6.07) is 4.82. The third-order valence-electron chi connectivity index (χ3n) is 3.42. The summed E-state index contributed by atoms with van der Waals surface area (Å²) in [5.74, 6) is 1.16. The van der Waals surface area contributed by atoms with Crippen LogP contribution in [0, 0.1) is 11.7 Å². The van der Waals surface area contributed by atoms with E-state index in [1.165, 1.54) is 17.7 Å². The molecule has 2 aromatic rings. The van der Waals surface area contributed by atoms with Crippen LogP contribution in [0.15, 0.2) is 18.2 Å². The minimum Gasteiger partial charge on any atom is -0.356 e. The van der Waals surface area contributed by atoms with Gasteiger partial charge in [-0.3, -0.25) is 4.79 Å². The van der Waals surface area contributed by atoms with Gasteiger partial charge in [0.2, 0.25) is 5.91 Å². The van der Waals surface area contributed by atoms with Gasteiger partial charge >= 0.3 is 0 Å². The summed E-state index contributed by atoms with van der Waals surface area (Å²) in [7, 11) is 0. The summed E-state index contributed by atoms with van der Waals surface area (Å²) in [6.07, 6.45) is 1.99. The van der Waals surface area contributed by atoms with Crippen LogP contribution in [0.3, 0.4) is 0 Å². The van der Waals surface area contributed by atoms with Gasteiger partial charge < -0.3 is 5.32 Å². The van der Waals surface area contributed by atoms with Gasteiger partial charge in [0.15, 0.2) is 11.6 Å². The van der Waals surface area contributed by atoms with Crippen LogP contribution < -0.4 is 5.32 Å². The second-order valence-electron chi connectivity index (χ2n) is 6.11. The number of nitrogens with one attached hydrogen (secondary N) is 1. The summed E-state index contributed by atoms with van der Waals surface area (Å²) < 4.78 is 15.9. The van der Waals surface area contributed by atoms with Crippen molar-refractivity contribution in [3.05, 3.63) is 40.7 Å². The molecular formula is C17H22ClFN4O. The third-order valence-corrected chi connectivity index (χ3v) is 3.71. The maximum Gasteiger partial charge on any atom is 0.216 e. The minimum atomic E-state index is -0.511. The maximum absolute atomic E-state index is 14.4. The average molecular weight is 353 g/mol. The largest absolute Gasteiger partial charge is 0.356 e. The number of hydrogen-bond donors (Lipinski definition) is 1. The molecule has 0 aliphatic carbocycles. The zero-order chi connectivity index (χ0) is 17.7. The van der Waals surface area contributed by atoms with Crippen LogP contribution in [0.25, 0.3) is 5.69 Å². The molecule has 130 valence electrons. The molecule has 24 heavy (non-hydrogen) atoms. The van der Waals surface area contributed by atoms with Crippen molar-refractivity contribution in [3.8, 4) is 5.69 Å². The lowest BCUT2D eigenvalue weighted by Gasteiger charge is -2.08. The number of amides is 1. The molecular weight excluding hydrogens is 331 g/mol. The lowest BCUT2D eigenvalue weighted by atomic mass is 10.1. The second kappa shape index (κ2) is 8.24. The molecule has 5 nitrogen and oxygen atoms in total. The maximum atomic E-state index is 14.4. The Bertz CT molecular complexity index is 715. The van der Waals surface area contributed by atoms with E-state index in [1.807, 2.05) is 0 Å². The first kappa shape index (κ1) is 18.4. The zero-order valence-corrected chi connectivity index (χ0v) is 14.9. The van der Waals surface area contributed by atoms with Crippen LogP contribution in [0.4, 0.5) is 4.39 Å². The average Bonchev–Trinajstić information content (AvgIpc) is 2.88. The highest BCUT2D eigenvalue weighted by atomic mass is 35.5. The van der Waals surface area contributed by atoms with Gasteiger partial charge in [0, 0.05) is 26.3 Å². The molecule has 1 aromatic heterocycles. The molecule has 0 atom stereocenters. The number of aryl methyl sites for hydroxylation is 1. The van der Waals surface area contributed by atoms with Crippen molar-refractivity contribution in [1.29, 1.82) is 0 Å². The quantitative estimate of drug-likeness (QED) is 0.777. The predicted molar refractivity (Wildman–Crippen MR) is 91.9 cm³/mol. The van der Waals surface area contributed by atoms with Crippen molar-refractivity contribution in [3.63, 3.8) is 0 Å². The van der Waals surface area contributed by atoms with E-state index in [4.69, 9.17) is 11.6 Å². The first-order valence-electron chi connectivity index (χ1n) is 8.02. The van der Waals surface area contributed by atoms with Crippen molar-refractivity contribution in [2.24, 2.45) is 5.92 Å². The SMILES string of the molecule is CC(=O)NCCCc1nc(CC(C)C)nn1-c1cccc(Cl)c1F. The van der Waals surface area contributed by atoms with E-state index in [-0.39, 0.29) is 10.9 Å². The van der Waals surface area contributed by atoms with Gasteiger partial charge in [-0.05, 0) is 24.5 Å². The fourth-order valence-corrected chi connectivity index (χ4v) is 2.53. The molecule has 0 saturated heterocycles. The Morgan fingerprint density at radius 2 is 2.17 bits per heavy atom. The number of halogens is 2. The Hall–Kier alpha value is -1.95. The molecule has 2 rings (SSSR count). The monoisotopic (exact) mass is 352 g/mol. The van der Waals surface area contributed by atoms with Crippen molar-refractivity contribution in [2.45, 2.75) is 40.0 Å². The van der Waals surface area contributed by atoms with E-state index >= 15 is 0 Å². The first-order valence-corrected chi connectivity index (χ1v) is 8.40. The van der Waals surface area contributed by atoms with Crippen molar-refractivity contribution < 1.29 is 9.18 Å². The van der Waals surface area contributed by atoms with E-state index in [9.17, 15) is 9.18 Å². The second-order valence-corrected chi connectivity index (χ2v) is 6.52. The van der Waals surface area contributed by atoms with E-state index in [0.717, 1.165) is 0 Å². The van der Waals surface area contributed by atoms with Gasteiger partial charge in [0.05, 0.1) is 5.02 Å². The van der Waals surface area contributed by atoms with Crippen LogP contribution in [-0.4, -0.2) is 27.2 Å². The normalized spacial score (nSPS) is 11.1. The Labute approximate surface area is 146 Å². The summed E-state index contributed by atoms with van der Waals surface area (Å²) in [4.78, 5) is 15.5. The summed E-state index contributed by atoms with van der Waals surface area (Å²) in [5.41, 5.74) is 0.291. The van der Waals surface area contributed by atoms with Gasteiger partial charge in [0.25, 0.3) is 0 Å². The molecule has 0 bridgehead atoms. The number of aromatic nitrogens is 3. The summed E-state index contributed by atoms with van der Waals surface area (Å²) in [5, 5.41) is 7.25. The van der Waals surface area contributed by atoms with Crippen molar-refractivity contribution in [1.82, 2.24) is 20.1 Å². The van der Waals surface area contributed by atoms with Crippen LogP contribution in [-0.2, 0) is 17.6 Å². The fraction of sp³-hybridized carbons (Fsp3) is 0.471. The van der Waals surface area contributed by atoms with Crippen LogP contribution >= 0.6 is 11.6 Å². The van der Waals surface area contributed by atoms with Gasteiger partial charge in [-0.2, -0.15) is 5.10 Å². The number of rotatable bonds is 7. The molecule has 0 aliphatic rings. The molecule has 0 spiro atoms. The molecule has 0 saturated carbocycles. The Balaban J connectivity index is 2.28. The number of nitrogens with zero attached hydrogens (tertiary/aromatic N) is 3. The van der Waals surface area contributed by atoms with E-state index < -0.39 is 5.82 Å². The van der Waals surface area contributed by atoms with Crippen LogP contribution in [0.2, 0.25) is 5.02 Å². The zero-order valence-electron chi connectivity index (χ0n) is 14.1. The highest BCUT2D eigenvalue weighted by molar-refractivity contribution is 6.30. The van der Waals surface area contributed by atoms with Crippen LogP contribution in [0.1, 0.15) is 38.8 Å². The third kappa shape index (κ3) is 4.77. The fourth-order valence-electron chi connectivity index (χ4n) is 2.37. The van der Waals surface area contributed by atoms with E-state index in [2.05, 4.69) is 29.2 Å². The first-order chi connectivity index (χ1) is 11.4. The Kier molecular flexibility index (Phi) is 6.31. The topological polar surface area (TPSA) is 59.8 Å². The highest BCUT2D eigenvalue weighted by Crippen LogP contribution is 2.22. The number of carbonyl (C=O) groups excluding carboxylic acids is 1. The molecule has 1 N–H and O–H groups in total. The number of hydrogen-bond acceptors (Lipinski definition) is 3. The number of carbonyl (C=O) groups is 1. The molecule has 1 aromatic carbocycles. The molecule has 1 heterocycles. The molecule has 1 amide bonds. The van der Waals surface area contributed by atoms with Crippen LogP contribution in [0.5, 0.6) is 0 Å². The standard InChI is InChI=1S/C17H22ClFN4O/c1-11(2)10-15-21-16(8-5-9-20-12(3)24)23(22-15)14-7-4-6-13(18)17(14)19/h4,6-7,11H,5,8-10H2,1-3H3,(H,20,24). The van der Waals surface area contributed by atoms with Crippen molar-refractivity contribution in [2.75, 3.05) is 6.54 Å². The molecule has 0 radical (unpaired) electrons. The smallest absolute Gasteiger partial charge is 0.216 e. The Morgan fingerprint density at radius 3 is 2.83 bits per heavy atom. The summed E-state index contributed by atoms with van der Waals surface area (Å²) >= 11 is 5.88. The molecule has 0 aliphatic heterocycles. The number of benzene rings is 1. The van der Waals surface area contributed by atoms with Gasteiger partial charge in [0.1, 0.15) is 11.5 Å². The molecule has 0 unspecified atom stereocenters. The lowest BCUT2D eigenvalue weighted by molar-refractivity contribution is -0.118. The van der Waals surface area contributed by atoms with E-state index in [0.29, 0.717) is 49.1 Å².